The number of fused-ring (bicyclic) bond motifs is 3. The lowest BCUT2D eigenvalue weighted by molar-refractivity contribution is -0.150. The minimum Gasteiger partial charge on any atom is -0.466 e. The second-order valence-corrected chi connectivity index (χ2v) is 18.3. The summed E-state index contributed by atoms with van der Waals surface area (Å²) in [6.45, 7) is 23.6. The van der Waals surface area contributed by atoms with E-state index in [0.717, 1.165) is 24.0 Å². The van der Waals surface area contributed by atoms with E-state index >= 15 is 0 Å². The van der Waals surface area contributed by atoms with Gasteiger partial charge in [0, 0.05) is 11.0 Å². The predicted molar refractivity (Wildman–Crippen MR) is 131 cm³/mol. The summed E-state index contributed by atoms with van der Waals surface area (Å²) in [7, 11) is -0.434. The van der Waals surface area contributed by atoms with E-state index in [0.29, 0.717) is 17.3 Å². The van der Waals surface area contributed by atoms with E-state index in [4.69, 9.17) is 9.16 Å². The van der Waals surface area contributed by atoms with Gasteiger partial charge < -0.3 is 9.16 Å². The van der Waals surface area contributed by atoms with Crippen molar-refractivity contribution < 1.29 is 14.0 Å². The number of rotatable bonds is 3. The van der Waals surface area contributed by atoms with Crippen molar-refractivity contribution in [1.82, 2.24) is 0 Å². The Morgan fingerprint density at radius 1 is 1.03 bits per heavy atom. The molecule has 5 atom stereocenters. The lowest BCUT2D eigenvalue weighted by Gasteiger charge is -2.65. The van der Waals surface area contributed by atoms with Gasteiger partial charge >= 0.3 is 5.97 Å². The molecule has 0 bridgehead atoms. The zero-order valence-electron chi connectivity index (χ0n) is 22.2. The largest absolute Gasteiger partial charge is 0.466 e. The molecule has 0 aliphatic heterocycles. The first-order valence-electron chi connectivity index (χ1n) is 12.5. The summed E-state index contributed by atoms with van der Waals surface area (Å²) in [5.74, 6) is 1.02. The number of carbonyl (C=O) groups is 1. The van der Waals surface area contributed by atoms with Gasteiger partial charge in [0.2, 0.25) is 0 Å². The molecule has 0 aromatic carbocycles. The van der Waals surface area contributed by atoms with Crippen LogP contribution >= 0.6 is 0 Å². The van der Waals surface area contributed by atoms with E-state index < -0.39 is 8.32 Å². The van der Waals surface area contributed by atoms with Crippen molar-refractivity contribution in [1.29, 1.82) is 0 Å². The molecule has 0 aromatic rings. The van der Waals surface area contributed by atoms with Crippen LogP contribution in [-0.2, 0) is 14.0 Å². The summed E-state index contributed by atoms with van der Waals surface area (Å²) in [5, 5.41) is 0.144. The first kappa shape index (κ1) is 25.0. The quantitative estimate of drug-likeness (QED) is 0.331. The lowest BCUT2D eigenvalue weighted by atomic mass is 9.40. The van der Waals surface area contributed by atoms with E-state index in [-0.39, 0.29) is 27.9 Å². The Morgan fingerprint density at radius 2 is 1.65 bits per heavy atom. The smallest absolute Gasteiger partial charge is 0.334 e. The highest BCUT2D eigenvalue weighted by Crippen LogP contribution is 2.68. The van der Waals surface area contributed by atoms with Crippen LogP contribution in [0.4, 0.5) is 0 Å². The molecule has 31 heavy (non-hydrogen) atoms. The Balaban J connectivity index is 2.12. The molecule has 0 heterocycles. The second-order valence-electron chi connectivity index (χ2n) is 13.6. The standard InChI is InChI=1S/C27H48O3Si/c1-18-19(30-31(10,11)24(2,3)4)17-21-26(7)15-12-14-25(5,6)20(26)13-16-27(21,8)22(18)23(28)29-9/h19-21H,12-17H2,1-11H3/t19-,20-,21+,26-,27+/m0/s1. The van der Waals surface area contributed by atoms with Crippen molar-refractivity contribution in [2.24, 2.45) is 28.1 Å². The molecule has 3 nitrogen and oxygen atoms in total. The van der Waals surface area contributed by atoms with Crippen molar-refractivity contribution >= 4 is 14.3 Å². The van der Waals surface area contributed by atoms with Crippen molar-refractivity contribution in [3.8, 4) is 0 Å². The third-order valence-corrected chi connectivity index (χ3v) is 14.8. The second kappa shape index (κ2) is 7.72. The lowest BCUT2D eigenvalue weighted by Crippen LogP contribution is -2.59. The zero-order valence-corrected chi connectivity index (χ0v) is 23.2. The summed E-state index contributed by atoms with van der Waals surface area (Å²) in [6, 6.07) is 0. The SMILES string of the molecule is COC(=O)C1=C(C)[C@@H](O[Si](C)(C)C(C)(C)C)C[C@@H]2[C@@]3(C)CCCC(C)(C)[C@@H]3CC[C@@]12C. The van der Waals surface area contributed by atoms with Crippen molar-refractivity contribution in [2.45, 2.75) is 118 Å². The molecular formula is C27H48O3Si. The van der Waals surface area contributed by atoms with Gasteiger partial charge in [-0.2, -0.15) is 0 Å². The maximum absolute atomic E-state index is 13.2. The average molecular weight is 449 g/mol. The van der Waals surface area contributed by atoms with Gasteiger partial charge in [-0.1, -0.05) is 54.9 Å². The normalized spacial score (nSPS) is 38.4. The molecule has 2 saturated carbocycles. The number of esters is 1. The van der Waals surface area contributed by atoms with Gasteiger partial charge in [-0.25, -0.2) is 4.79 Å². The van der Waals surface area contributed by atoms with E-state index in [2.05, 4.69) is 68.5 Å². The van der Waals surface area contributed by atoms with Crippen LogP contribution in [0.25, 0.3) is 0 Å². The molecule has 0 spiro atoms. The molecule has 0 aromatic heterocycles. The summed E-state index contributed by atoms with van der Waals surface area (Å²) < 4.78 is 12.4. The molecule has 0 unspecified atom stereocenters. The molecule has 0 saturated heterocycles. The number of ether oxygens (including phenoxy) is 1. The number of carbonyl (C=O) groups excluding carboxylic acids is 1. The Bertz CT molecular complexity index is 759. The first-order chi connectivity index (χ1) is 14.0. The average Bonchev–Trinajstić information content (AvgIpc) is 2.61. The van der Waals surface area contributed by atoms with Crippen LogP contribution in [0.2, 0.25) is 18.1 Å². The van der Waals surface area contributed by atoms with Crippen LogP contribution in [0, 0.1) is 28.1 Å². The van der Waals surface area contributed by atoms with Gasteiger partial charge in [0.05, 0.1) is 13.2 Å². The number of hydrogen-bond acceptors (Lipinski definition) is 3. The molecule has 2 fully saturated rings. The summed E-state index contributed by atoms with van der Waals surface area (Å²) in [5.41, 5.74) is 2.55. The third kappa shape index (κ3) is 3.88. The van der Waals surface area contributed by atoms with Crippen molar-refractivity contribution in [2.75, 3.05) is 7.11 Å². The van der Waals surface area contributed by atoms with E-state index in [1.54, 1.807) is 0 Å². The minimum absolute atomic E-state index is 0.0219. The molecule has 3 aliphatic carbocycles. The van der Waals surface area contributed by atoms with Gasteiger partial charge in [-0.3, -0.25) is 0 Å². The highest BCUT2D eigenvalue weighted by atomic mass is 28.4. The molecule has 0 amide bonds. The molecule has 0 N–H and O–H groups in total. The Labute approximate surface area is 192 Å². The van der Waals surface area contributed by atoms with Gasteiger partial charge in [0.25, 0.3) is 0 Å². The van der Waals surface area contributed by atoms with Gasteiger partial charge in [0.1, 0.15) is 0 Å². The third-order valence-electron chi connectivity index (χ3n) is 10.3. The zero-order chi connectivity index (χ0) is 23.6. The van der Waals surface area contributed by atoms with Crippen molar-refractivity contribution in [3.05, 3.63) is 11.1 Å². The summed E-state index contributed by atoms with van der Waals surface area (Å²) in [4.78, 5) is 13.2. The minimum atomic E-state index is -1.97. The fraction of sp³-hybridized carbons (Fsp3) is 0.889. The Kier molecular flexibility index (Phi) is 6.23. The molecular weight excluding hydrogens is 400 g/mol. The molecule has 0 radical (unpaired) electrons. The molecule has 3 rings (SSSR count). The highest BCUT2D eigenvalue weighted by Gasteiger charge is 2.62. The molecule has 178 valence electrons. The number of methoxy groups -OCH3 is 1. The van der Waals surface area contributed by atoms with Gasteiger partial charge in [-0.15, -0.1) is 0 Å². The summed E-state index contributed by atoms with van der Waals surface area (Å²) in [6.07, 6.45) is 7.22. The van der Waals surface area contributed by atoms with Gasteiger partial charge in [-0.05, 0) is 85.4 Å². The monoisotopic (exact) mass is 448 g/mol. The van der Waals surface area contributed by atoms with Crippen LogP contribution in [-0.4, -0.2) is 27.5 Å². The summed E-state index contributed by atoms with van der Waals surface area (Å²) >= 11 is 0. The maximum Gasteiger partial charge on any atom is 0.334 e. The van der Waals surface area contributed by atoms with Gasteiger partial charge in [0.15, 0.2) is 8.32 Å². The van der Waals surface area contributed by atoms with Crippen LogP contribution in [0.5, 0.6) is 0 Å². The first-order valence-corrected chi connectivity index (χ1v) is 15.4. The fourth-order valence-electron chi connectivity index (χ4n) is 7.65. The van der Waals surface area contributed by atoms with Crippen LogP contribution < -0.4 is 0 Å². The number of hydrogen-bond donors (Lipinski definition) is 0. The van der Waals surface area contributed by atoms with Crippen LogP contribution in [0.3, 0.4) is 0 Å². The van der Waals surface area contributed by atoms with Crippen LogP contribution in [0.15, 0.2) is 11.1 Å². The topological polar surface area (TPSA) is 35.5 Å². The van der Waals surface area contributed by atoms with Crippen molar-refractivity contribution in [3.63, 3.8) is 0 Å². The highest BCUT2D eigenvalue weighted by molar-refractivity contribution is 6.74. The van der Waals surface area contributed by atoms with Crippen LogP contribution in [0.1, 0.15) is 93.9 Å². The van der Waals surface area contributed by atoms with E-state index in [1.165, 1.54) is 32.8 Å². The molecule has 3 aliphatic rings. The predicted octanol–water partition coefficient (Wildman–Crippen LogP) is 7.52. The maximum atomic E-state index is 13.2. The Hall–Kier alpha value is -0.613. The molecule has 4 heteroatoms. The fourth-order valence-corrected chi connectivity index (χ4v) is 8.98. The van der Waals surface area contributed by atoms with E-state index in [9.17, 15) is 4.79 Å². The Morgan fingerprint density at radius 3 is 2.19 bits per heavy atom. The van der Waals surface area contributed by atoms with E-state index in [1.807, 2.05) is 0 Å².